The average molecular weight is 222 g/mol. The lowest BCUT2D eigenvalue weighted by molar-refractivity contribution is 0.570. The average Bonchev–Trinajstić information content (AvgIpc) is 2.52. The number of hydrogen-bond donors (Lipinski definition) is 1. The van der Waals surface area contributed by atoms with Crippen molar-refractivity contribution in [1.82, 2.24) is 10.3 Å². The molecule has 0 fully saturated rings. The molecule has 82 valence electrons. The first kappa shape index (κ1) is 12.2. The highest BCUT2D eigenvalue weighted by molar-refractivity contribution is 7.11. The van der Waals surface area contributed by atoms with Crippen molar-refractivity contribution in [2.24, 2.45) is 0 Å². The Morgan fingerprint density at radius 1 is 1.47 bits per heavy atom. The molecule has 1 aromatic heterocycles. The van der Waals surface area contributed by atoms with E-state index in [2.05, 4.69) is 42.9 Å². The zero-order valence-electron chi connectivity index (χ0n) is 9.85. The van der Waals surface area contributed by atoms with Crippen molar-refractivity contribution in [3.63, 3.8) is 0 Å². The zero-order valence-corrected chi connectivity index (χ0v) is 10.7. The molecule has 1 N–H and O–H groups in total. The monoisotopic (exact) mass is 222 g/mol. The van der Waals surface area contributed by atoms with E-state index in [1.807, 2.05) is 6.92 Å². The first-order valence-electron chi connectivity index (χ1n) is 5.22. The van der Waals surface area contributed by atoms with E-state index in [9.17, 15) is 0 Å². The van der Waals surface area contributed by atoms with E-state index in [1.165, 1.54) is 10.6 Å². The third-order valence-electron chi connectivity index (χ3n) is 2.23. The molecule has 0 aliphatic heterocycles. The fraction of sp³-hybridized carbons (Fsp3) is 0.583. The van der Waals surface area contributed by atoms with Crippen LogP contribution in [0.2, 0.25) is 0 Å². The summed E-state index contributed by atoms with van der Waals surface area (Å²) in [5, 5.41) is 4.57. The van der Waals surface area contributed by atoms with E-state index in [1.54, 1.807) is 11.3 Å². The fourth-order valence-electron chi connectivity index (χ4n) is 1.52. The van der Waals surface area contributed by atoms with Crippen LogP contribution >= 0.6 is 11.3 Å². The smallest absolute Gasteiger partial charge is 0.0900 e. The molecule has 1 unspecified atom stereocenters. The Hall–Kier alpha value is -0.850. The zero-order chi connectivity index (χ0) is 11.3. The summed E-state index contributed by atoms with van der Waals surface area (Å²) in [4.78, 5) is 5.84. The molecular weight excluding hydrogens is 204 g/mol. The minimum atomic E-state index is 0.327. The predicted molar refractivity (Wildman–Crippen MR) is 66.1 cm³/mol. The van der Waals surface area contributed by atoms with Crippen LogP contribution in [0.3, 0.4) is 0 Å². The highest BCUT2D eigenvalue weighted by Crippen LogP contribution is 2.22. The van der Waals surface area contributed by atoms with Crippen LogP contribution in [0.5, 0.6) is 0 Å². The van der Waals surface area contributed by atoms with Gasteiger partial charge in [0.05, 0.1) is 10.7 Å². The van der Waals surface area contributed by atoms with Crippen LogP contribution in [0, 0.1) is 25.7 Å². The van der Waals surface area contributed by atoms with Crippen molar-refractivity contribution in [2.75, 3.05) is 6.54 Å². The molecule has 1 heterocycles. The van der Waals surface area contributed by atoms with E-state index >= 15 is 0 Å². The number of nitrogens with one attached hydrogen (secondary N) is 1. The summed E-state index contributed by atoms with van der Waals surface area (Å²) >= 11 is 1.76. The van der Waals surface area contributed by atoms with Gasteiger partial charge in [0.25, 0.3) is 0 Å². The Bertz CT molecular complexity index is 371. The predicted octanol–water partition coefficient (Wildman–Crippen LogP) is 2.82. The summed E-state index contributed by atoms with van der Waals surface area (Å²) in [6, 6.07) is 0.327. The molecule has 3 heteroatoms. The largest absolute Gasteiger partial charge is 0.308 e. The Morgan fingerprint density at radius 3 is 2.73 bits per heavy atom. The van der Waals surface area contributed by atoms with Crippen LogP contribution < -0.4 is 5.32 Å². The molecular formula is C12H18N2S. The normalized spacial score (nSPS) is 12.0. The molecule has 1 aromatic rings. The third-order valence-corrected chi connectivity index (χ3v) is 3.13. The van der Waals surface area contributed by atoms with Gasteiger partial charge in [-0.1, -0.05) is 0 Å². The van der Waals surface area contributed by atoms with Gasteiger partial charge in [-0.15, -0.1) is 23.2 Å². The maximum atomic E-state index is 4.53. The van der Waals surface area contributed by atoms with E-state index < -0.39 is 0 Å². The second kappa shape index (κ2) is 5.89. The van der Waals surface area contributed by atoms with Crippen LogP contribution in [0.1, 0.15) is 41.9 Å². The van der Waals surface area contributed by atoms with Crippen molar-refractivity contribution in [3.05, 3.63) is 15.6 Å². The van der Waals surface area contributed by atoms with Crippen molar-refractivity contribution in [2.45, 2.75) is 40.2 Å². The van der Waals surface area contributed by atoms with Crippen molar-refractivity contribution in [3.8, 4) is 11.8 Å². The summed E-state index contributed by atoms with van der Waals surface area (Å²) in [5.74, 6) is 5.94. The third kappa shape index (κ3) is 3.65. The maximum Gasteiger partial charge on any atom is 0.0900 e. The van der Waals surface area contributed by atoms with Gasteiger partial charge < -0.3 is 5.32 Å². The van der Waals surface area contributed by atoms with Crippen LogP contribution in [-0.2, 0) is 0 Å². The Balaban J connectivity index is 2.48. The molecule has 0 amide bonds. The second-order valence-electron chi connectivity index (χ2n) is 3.53. The molecule has 15 heavy (non-hydrogen) atoms. The van der Waals surface area contributed by atoms with Gasteiger partial charge >= 0.3 is 0 Å². The molecule has 1 atom stereocenters. The number of nitrogens with zero attached hydrogens (tertiary/aromatic N) is 1. The number of thiazole rings is 1. The van der Waals surface area contributed by atoms with Gasteiger partial charge in [-0.2, -0.15) is 0 Å². The van der Waals surface area contributed by atoms with Crippen molar-refractivity contribution < 1.29 is 0 Å². The summed E-state index contributed by atoms with van der Waals surface area (Å²) in [6.45, 7) is 9.14. The summed E-state index contributed by atoms with van der Waals surface area (Å²) in [5.41, 5.74) is 1.18. The lowest BCUT2D eigenvalue weighted by atomic mass is 10.2. The summed E-state index contributed by atoms with van der Waals surface area (Å²) in [6.07, 6.45) is 0.906. The Labute approximate surface area is 96.1 Å². The molecule has 0 spiro atoms. The van der Waals surface area contributed by atoms with Crippen LogP contribution in [0.25, 0.3) is 0 Å². The molecule has 0 aliphatic rings. The molecule has 2 nitrogen and oxygen atoms in total. The second-order valence-corrected chi connectivity index (χ2v) is 4.93. The van der Waals surface area contributed by atoms with Gasteiger partial charge in [0.15, 0.2) is 0 Å². The number of hydrogen-bond acceptors (Lipinski definition) is 3. The van der Waals surface area contributed by atoms with E-state index in [-0.39, 0.29) is 0 Å². The quantitative estimate of drug-likeness (QED) is 0.626. The summed E-state index contributed by atoms with van der Waals surface area (Å²) < 4.78 is 0. The van der Waals surface area contributed by atoms with Crippen LogP contribution in [-0.4, -0.2) is 11.5 Å². The van der Waals surface area contributed by atoms with E-state index in [0.717, 1.165) is 18.0 Å². The Kier molecular flexibility index (Phi) is 4.80. The van der Waals surface area contributed by atoms with Gasteiger partial charge in [-0.05, 0) is 27.7 Å². The van der Waals surface area contributed by atoms with E-state index in [0.29, 0.717) is 6.04 Å². The van der Waals surface area contributed by atoms with Crippen molar-refractivity contribution in [1.29, 1.82) is 0 Å². The van der Waals surface area contributed by atoms with E-state index in [4.69, 9.17) is 0 Å². The van der Waals surface area contributed by atoms with Gasteiger partial charge in [-0.3, -0.25) is 0 Å². The molecule has 0 saturated carbocycles. The minimum Gasteiger partial charge on any atom is -0.308 e. The number of aromatic nitrogens is 1. The minimum absolute atomic E-state index is 0.327. The van der Waals surface area contributed by atoms with Crippen LogP contribution in [0.15, 0.2) is 0 Å². The lowest BCUT2D eigenvalue weighted by Crippen LogP contribution is -2.20. The van der Waals surface area contributed by atoms with Crippen LogP contribution in [0.4, 0.5) is 0 Å². The first-order chi connectivity index (χ1) is 7.15. The Morgan fingerprint density at radius 2 is 2.20 bits per heavy atom. The molecule has 0 aromatic carbocycles. The van der Waals surface area contributed by atoms with Gasteiger partial charge in [0, 0.05) is 23.9 Å². The number of aryl methyl sites for hydroxylation is 2. The molecule has 0 radical (unpaired) electrons. The number of rotatable bonds is 4. The summed E-state index contributed by atoms with van der Waals surface area (Å²) in [7, 11) is 0. The first-order valence-corrected chi connectivity index (χ1v) is 6.03. The highest BCUT2D eigenvalue weighted by Gasteiger charge is 2.11. The molecule has 0 aliphatic carbocycles. The fourth-order valence-corrected chi connectivity index (χ4v) is 2.43. The SMILES string of the molecule is CC#CCCNC(C)c1nc(C)sc1C. The maximum absolute atomic E-state index is 4.53. The highest BCUT2D eigenvalue weighted by atomic mass is 32.1. The van der Waals surface area contributed by atoms with Gasteiger partial charge in [0.1, 0.15) is 0 Å². The van der Waals surface area contributed by atoms with Crippen molar-refractivity contribution >= 4 is 11.3 Å². The molecule has 0 saturated heterocycles. The molecule has 1 rings (SSSR count). The topological polar surface area (TPSA) is 24.9 Å². The van der Waals surface area contributed by atoms with Gasteiger partial charge in [0.2, 0.25) is 0 Å². The van der Waals surface area contributed by atoms with Gasteiger partial charge in [-0.25, -0.2) is 4.98 Å². The molecule has 0 bridgehead atoms. The standard InChI is InChI=1S/C12H18N2S/c1-5-6-7-8-13-9(2)12-10(3)15-11(4)14-12/h9,13H,7-8H2,1-4H3. The lowest BCUT2D eigenvalue weighted by Gasteiger charge is -2.10.